The Balaban J connectivity index is 2.86. The van der Waals surface area contributed by atoms with E-state index in [1.165, 1.54) is 13.3 Å². The first-order valence-corrected chi connectivity index (χ1v) is 5.77. The Bertz CT molecular complexity index is 355. The third-order valence-corrected chi connectivity index (χ3v) is 3.66. The van der Waals surface area contributed by atoms with Gasteiger partial charge in [0.15, 0.2) is 0 Å². The first kappa shape index (κ1) is 6.83. The van der Waals surface area contributed by atoms with Gasteiger partial charge in [-0.3, -0.25) is 0 Å². The maximum absolute atomic E-state index is 4.26. The first-order valence-electron chi connectivity index (χ1n) is 2.85. The van der Waals surface area contributed by atoms with E-state index < -0.39 is 0 Å². The molecule has 1 nitrogen and oxygen atoms in total. The SMILES string of the molecule is Ic1ccc2[se]cnc2c1. The van der Waals surface area contributed by atoms with Crippen molar-refractivity contribution in [1.82, 2.24) is 4.98 Å². The van der Waals surface area contributed by atoms with Crippen molar-refractivity contribution >= 4 is 46.9 Å². The van der Waals surface area contributed by atoms with Gasteiger partial charge in [0.05, 0.1) is 0 Å². The van der Waals surface area contributed by atoms with Crippen LogP contribution in [0.3, 0.4) is 0 Å². The molecule has 0 spiro atoms. The fourth-order valence-electron chi connectivity index (χ4n) is 0.831. The standard InChI is InChI=1S/C7H4INSe/c8-5-1-2-7-6(3-5)9-4-10-7/h1-4H. The van der Waals surface area contributed by atoms with E-state index in [4.69, 9.17) is 0 Å². The number of benzene rings is 1. The molecule has 0 atom stereocenters. The summed E-state index contributed by atoms with van der Waals surface area (Å²) in [6.45, 7) is 0. The molecule has 3 heteroatoms. The fraction of sp³-hybridized carbons (Fsp3) is 0. The quantitative estimate of drug-likeness (QED) is 0.535. The number of fused-ring (bicyclic) bond motifs is 1. The van der Waals surface area contributed by atoms with Gasteiger partial charge in [-0.2, -0.15) is 0 Å². The molecule has 0 saturated carbocycles. The molecule has 2 aromatic rings. The Kier molecular flexibility index (Phi) is 1.80. The fourth-order valence-corrected chi connectivity index (χ4v) is 2.69. The molecule has 0 radical (unpaired) electrons. The molecule has 0 unspecified atom stereocenters. The van der Waals surface area contributed by atoms with Gasteiger partial charge in [-0.1, -0.05) is 0 Å². The van der Waals surface area contributed by atoms with Crippen molar-refractivity contribution in [3.8, 4) is 0 Å². The van der Waals surface area contributed by atoms with Gasteiger partial charge in [-0.25, -0.2) is 0 Å². The molecular formula is C7H4INSe. The molecule has 0 fully saturated rings. The van der Waals surface area contributed by atoms with Crippen LogP contribution in [0, 0.1) is 3.57 Å². The summed E-state index contributed by atoms with van der Waals surface area (Å²) in [6, 6.07) is 6.43. The topological polar surface area (TPSA) is 12.9 Å². The molecular weight excluding hydrogens is 304 g/mol. The van der Waals surface area contributed by atoms with Crippen molar-refractivity contribution in [2.24, 2.45) is 0 Å². The summed E-state index contributed by atoms with van der Waals surface area (Å²) in [6.07, 6.45) is 0. The summed E-state index contributed by atoms with van der Waals surface area (Å²) in [5.74, 6) is 0. The number of halogens is 1. The van der Waals surface area contributed by atoms with Crippen LogP contribution in [0.2, 0.25) is 0 Å². The van der Waals surface area contributed by atoms with E-state index in [1.54, 1.807) is 0 Å². The van der Waals surface area contributed by atoms with Crippen molar-refractivity contribution in [3.63, 3.8) is 0 Å². The summed E-state index contributed by atoms with van der Waals surface area (Å²) < 4.78 is 2.68. The van der Waals surface area contributed by atoms with Crippen LogP contribution in [-0.2, 0) is 0 Å². The molecule has 0 N–H and O–H groups in total. The van der Waals surface area contributed by atoms with Crippen LogP contribution in [0.15, 0.2) is 23.3 Å². The van der Waals surface area contributed by atoms with Gasteiger partial charge in [0.1, 0.15) is 0 Å². The van der Waals surface area contributed by atoms with Gasteiger partial charge in [0, 0.05) is 0 Å². The van der Waals surface area contributed by atoms with E-state index in [2.05, 4.69) is 45.8 Å². The minimum absolute atomic E-state index is 0.500. The molecule has 0 aliphatic heterocycles. The second kappa shape index (κ2) is 2.64. The second-order valence-electron chi connectivity index (χ2n) is 1.96. The van der Waals surface area contributed by atoms with Gasteiger partial charge in [0.25, 0.3) is 0 Å². The van der Waals surface area contributed by atoms with E-state index in [9.17, 15) is 0 Å². The zero-order valence-corrected chi connectivity index (χ0v) is 8.91. The average Bonchev–Trinajstić information content (AvgIpc) is 2.33. The zero-order chi connectivity index (χ0) is 6.97. The van der Waals surface area contributed by atoms with Gasteiger partial charge < -0.3 is 0 Å². The predicted molar refractivity (Wildman–Crippen MR) is 51.4 cm³/mol. The molecule has 10 heavy (non-hydrogen) atoms. The van der Waals surface area contributed by atoms with Gasteiger partial charge in [0.2, 0.25) is 0 Å². The van der Waals surface area contributed by atoms with Crippen molar-refractivity contribution in [1.29, 1.82) is 0 Å². The maximum atomic E-state index is 4.26. The number of rotatable bonds is 0. The molecule has 0 aliphatic rings. The Morgan fingerprint density at radius 3 is 3.20 bits per heavy atom. The Labute approximate surface area is 78.4 Å². The predicted octanol–water partition coefficient (Wildman–Crippen LogP) is 1.90. The van der Waals surface area contributed by atoms with Crippen LogP contribution in [0.5, 0.6) is 0 Å². The third kappa shape index (κ3) is 1.13. The summed E-state index contributed by atoms with van der Waals surface area (Å²) >= 11 is 2.81. The van der Waals surface area contributed by atoms with Crippen LogP contribution in [0.4, 0.5) is 0 Å². The van der Waals surface area contributed by atoms with Crippen LogP contribution in [0.25, 0.3) is 9.78 Å². The summed E-state index contributed by atoms with van der Waals surface area (Å²) in [4.78, 5) is 4.26. The summed E-state index contributed by atoms with van der Waals surface area (Å²) in [5.41, 5.74) is 1.17. The molecule has 1 aromatic carbocycles. The van der Waals surface area contributed by atoms with Gasteiger partial charge in [-0.15, -0.1) is 0 Å². The van der Waals surface area contributed by atoms with Gasteiger partial charge in [-0.05, 0) is 0 Å². The Hall–Kier alpha value is 0.139. The molecule has 2 rings (SSSR count). The number of nitrogens with zero attached hydrogens (tertiary/aromatic N) is 1. The van der Waals surface area contributed by atoms with E-state index in [0.717, 1.165) is 0 Å². The van der Waals surface area contributed by atoms with Crippen LogP contribution < -0.4 is 0 Å². The molecule has 0 saturated heterocycles. The molecule has 50 valence electrons. The van der Waals surface area contributed by atoms with E-state index >= 15 is 0 Å². The number of hydrogen-bond acceptors (Lipinski definition) is 1. The molecule has 0 bridgehead atoms. The van der Waals surface area contributed by atoms with Crippen molar-refractivity contribution in [3.05, 3.63) is 26.8 Å². The zero-order valence-electron chi connectivity index (χ0n) is 5.04. The van der Waals surface area contributed by atoms with Crippen LogP contribution >= 0.6 is 22.6 Å². The minimum atomic E-state index is 0.500. The molecule has 1 aromatic heterocycles. The van der Waals surface area contributed by atoms with Crippen molar-refractivity contribution in [2.45, 2.75) is 0 Å². The van der Waals surface area contributed by atoms with E-state index in [1.807, 2.05) is 5.07 Å². The molecule has 1 heterocycles. The summed E-state index contributed by atoms with van der Waals surface area (Å²) in [5, 5.41) is 2.02. The van der Waals surface area contributed by atoms with Crippen LogP contribution in [-0.4, -0.2) is 19.5 Å². The van der Waals surface area contributed by atoms with Crippen molar-refractivity contribution < 1.29 is 0 Å². The average molecular weight is 308 g/mol. The summed E-state index contributed by atoms with van der Waals surface area (Å²) in [7, 11) is 0. The van der Waals surface area contributed by atoms with Crippen molar-refractivity contribution in [2.75, 3.05) is 0 Å². The first-order chi connectivity index (χ1) is 4.86. The molecule has 0 aliphatic carbocycles. The Morgan fingerprint density at radius 1 is 1.40 bits per heavy atom. The van der Waals surface area contributed by atoms with Gasteiger partial charge >= 0.3 is 78.7 Å². The molecule has 0 amide bonds. The van der Waals surface area contributed by atoms with Crippen LogP contribution in [0.1, 0.15) is 0 Å². The third-order valence-electron chi connectivity index (χ3n) is 1.29. The van der Waals surface area contributed by atoms with E-state index in [0.29, 0.717) is 14.5 Å². The monoisotopic (exact) mass is 309 g/mol. The normalized spacial score (nSPS) is 10.5. The Morgan fingerprint density at radius 2 is 2.30 bits per heavy atom. The number of hydrogen-bond donors (Lipinski definition) is 0. The van der Waals surface area contributed by atoms with E-state index in [-0.39, 0.29) is 0 Å². The second-order valence-corrected chi connectivity index (χ2v) is 5.07. The number of aromatic nitrogens is 1.